The topological polar surface area (TPSA) is 38.8 Å². The summed E-state index contributed by atoms with van der Waals surface area (Å²) < 4.78 is 38.7. The van der Waals surface area contributed by atoms with Crippen molar-refractivity contribution < 1.29 is 23.0 Å². The van der Waals surface area contributed by atoms with Crippen LogP contribution in [-0.2, 0) is 6.42 Å². The molecule has 0 aliphatic carbocycles. The number of hydrogen-bond donors (Lipinski definition) is 0. The number of carbonyl (C=O) groups is 1. The molecule has 3 aromatic rings. The van der Waals surface area contributed by atoms with E-state index in [0.717, 1.165) is 17.2 Å². The first-order valence-electron chi connectivity index (χ1n) is 9.69. The minimum absolute atomic E-state index is 0.192. The first kappa shape index (κ1) is 21.1. The number of benzene rings is 3. The Morgan fingerprint density at radius 2 is 1.71 bits per heavy atom. The molecule has 31 heavy (non-hydrogen) atoms. The molecule has 0 saturated heterocycles. The van der Waals surface area contributed by atoms with Gasteiger partial charge in [0.1, 0.15) is 11.6 Å². The molecule has 3 aromatic carbocycles. The number of nitrogens with zero attached hydrogens (tertiary/aromatic N) is 1. The predicted octanol–water partition coefficient (Wildman–Crippen LogP) is 5.42. The number of halogens is 3. The molecule has 0 radical (unpaired) electrons. The van der Waals surface area contributed by atoms with Gasteiger partial charge in [-0.3, -0.25) is 4.79 Å². The summed E-state index contributed by atoms with van der Waals surface area (Å²) in [5.41, 5.74) is 2.30. The van der Waals surface area contributed by atoms with Crippen molar-refractivity contribution in [2.75, 3.05) is 20.8 Å². The number of hydrogen-bond acceptors (Lipinski definition) is 3. The zero-order chi connectivity index (χ0) is 22.1. The van der Waals surface area contributed by atoms with E-state index in [1.165, 1.54) is 13.2 Å². The van der Waals surface area contributed by atoms with Crippen LogP contribution in [0.5, 0.6) is 11.5 Å². The zero-order valence-corrected chi connectivity index (χ0v) is 17.7. The molecule has 0 bridgehead atoms. The molecule has 1 atom stereocenters. The molecule has 0 spiro atoms. The van der Waals surface area contributed by atoms with Crippen molar-refractivity contribution >= 4 is 17.5 Å². The number of rotatable bonds is 4. The van der Waals surface area contributed by atoms with Gasteiger partial charge in [-0.1, -0.05) is 29.8 Å². The van der Waals surface area contributed by atoms with Crippen molar-refractivity contribution in [1.82, 2.24) is 4.90 Å². The first-order valence-corrected chi connectivity index (χ1v) is 10.1. The van der Waals surface area contributed by atoms with Gasteiger partial charge in [-0.2, -0.15) is 0 Å². The van der Waals surface area contributed by atoms with E-state index in [1.807, 2.05) is 24.3 Å². The molecule has 0 saturated carbocycles. The highest BCUT2D eigenvalue weighted by molar-refractivity contribution is 6.31. The fourth-order valence-corrected chi connectivity index (χ4v) is 4.25. The summed E-state index contributed by atoms with van der Waals surface area (Å²) in [5.74, 6) is -1.08. The van der Waals surface area contributed by atoms with Gasteiger partial charge in [-0.15, -0.1) is 0 Å². The Kier molecular flexibility index (Phi) is 5.83. The summed E-state index contributed by atoms with van der Waals surface area (Å²) in [6.45, 7) is 0.327. The Labute approximate surface area is 184 Å². The molecule has 1 aliphatic rings. The van der Waals surface area contributed by atoms with Crippen LogP contribution in [0.25, 0.3) is 0 Å². The van der Waals surface area contributed by atoms with Crippen LogP contribution in [0.15, 0.2) is 54.6 Å². The third kappa shape index (κ3) is 3.83. The second-order valence-corrected chi connectivity index (χ2v) is 7.61. The normalized spacial score (nSPS) is 15.4. The van der Waals surface area contributed by atoms with E-state index in [2.05, 4.69) is 0 Å². The summed E-state index contributed by atoms with van der Waals surface area (Å²) in [4.78, 5) is 14.9. The Balaban J connectivity index is 1.88. The highest BCUT2D eigenvalue weighted by Gasteiger charge is 2.35. The number of methoxy groups -OCH3 is 2. The van der Waals surface area contributed by atoms with Crippen LogP contribution in [0.1, 0.15) is 33.1 Å². The third-order valence-electron chi connectivity index (χ3n) is 5.50. The molecular weight excluding hydrogens is 424 g/mol. The van der Waals surface area contributed by atoms with Crippen LogP contribution < -0.4 is 9.47 Å². The lowest BCUT2D eigenvalue weighted by Crippen LogP contribution is -2.41. The summed E-state index contributed by atoms with van der Waals surface area (Å²) in [5, 5.41) is 0.479. The SMILES string of the molecule is COc1cc2c(cc1OC)C(c1ccccc1Cl)N(C(=O)c1ccc(F)cc1F)CC2. The van der Waals surface area contributed by atoms with Crippen molar-refractivity contribution in [3.8, 4) is 11.5 Å². The van der Waals surface area contributed by atoms with E-state index in [4.69, 9.17) is 21.1 Å². The molecule has 4 rings (SSSR count). The molecule has 1 unspecified atom stereocenters. The summed E-state index contributed by atoms with van der Waals surface area (Å²) in [6, 6.07) is 13.3. The Hall–Kier alpha value is -3.12. The van der Waals surface area contributed by atoms with Crippen LogP contribution >= 0.6 is 11.6 Å². The lowest BCUT2D eigenvalue weighted by Gasteiger charge is -2.38. The average molecular weight is 444 g/mol. The molecule has 1 aliphatic heterocycles. The van der Waals surface area contributed by atoms with Crippen LogP contribution in [0.4, 0.5) is 8.78 Å². The Morgan fingerprint density at radius 3 is 2.39 bits per heavy atom. The van der Waals surface area contributed by atoms with E-state index in [0.29, 0.717) is 41.1 Å². The molecule has 1 amide bonds. The minimum atomic E-state index is -0.902. The smallest absolute Gasteiger partial charge is 0.257 e. The molecular formula is C24H20ClF2NO3. The minimum Gasteiger partial charge on any atom is -0.493 e. The maximum absolute atomic E-state index is 14.4. The fraction of sp³-hybridized carbons (Fsp3) is 0.208. The monoisotopic (exact) mass is 443 g/mol. The second kappa shape index (κ2) is 8.55. The Bertz CT molecular complexity index is 1150. The summed E-state index contributed by atoms with van der Waals surface area (Å²) in [6.07, 6.45) is 0.533. The summed E-state index contributed by atoms with van der Waals surface area (Å²) in [7, 11) is 3.10. The van der Waals surface area contributed by atoms with Crippen LogP contribution in [0.2, 0.25) is 5.02 Å². The van der Waals surface area contributed by atoms with Gasteiger partial charge in [-0.25, -0.2) is 8.78 Å². The molecule has 4 nitrogen and oxygen atoms in total. The molecule has 0 fully saturated rings. The Morgan fingerprint density at radius 1 is 1.00 bits per heavy atom. The van der Waals surface area contributed by atoms with E-state index in [-0.39, 0.29) is 5.56 Å². The van der Waals surface area contributed by atoms with E-state index < -0.39 is 23.6 Å². The van der Waals surface area contributed by atoms with Gasteiger partial charge in [0.25, 0.3) is 5.91 Å². The van der Waals surface area contributed by atoms with Crippen LogP contribution in [0, 0.1) is 11.6 Å². The quantitative estimate of drug-likeness (QED) is 0.540. The van der Waals surface area contributed by atoms with E-state index in [1.54, 1.807) is 24.1 Å². The average Bonchev–Trinajstić information content (AvgIpc) is 2.77. The maximum Gasteiger partial charge on any atom is 0.257 e. The van der Waals surface area contributed by atoms with Gasteiger partial charge in [0, 0.05) is 17.6 Å². The van der Waals surface area contributed by atoms with Crippen molar-refractivity contribution in [2.24, 2.45) is 0 Å². The van der Waals surface area contributed by atoms with Crippen molar-refractivity contribution in [1.29, 1.82) is 0 Å². The van der Waals surface area contributed by atoms with Gasteiger partial charge < -0.3 is 14.4 Å². The van der Waals surface area contributed by atoms with Gasteiger partial charge in [0.05, 0.1) is 25.8 Å². The highest BCUT2D eigenvalue weighted by Crippen LogP contribution is 2.43. The standard InChI is InChI=1S/C24H20ClF2NO3/c1-30-21-11-14-9-10-28(24(29)17-8-7-15(26)12-20(17)27)23(18(14)13-22(21)31-2)16-5-3-4-6-19(16)25/h3-8,11-13,23H,9-10H2,1-2H3. The third-order valence-corrected chi connectivity index (χ3v) is 5.84. The number of amides is 1. The van der Waals surface area contributed by atoms with Gasteiger partial charge >= 0.3 is 0 Å². The van der Waals surface area contributed by atoms with Crippen molar-refractivity contribution in [3.05, 3.63) is 93.5 Å². The fourth-order valence-electron chi connectivity index (χ4n) is 4.01. The van der Waals surface area contributed by atoms with Crippen molar-refractivity contribution in [2.45, 2.75) is 12.5 Å². The van der Waals surface area contributed by atoms with Gasteiger partial charge in [0.2, 0.25) is 0 Å². The largest absolute Gasteiger partial charge is 0.493 e. The van der Waals surface area contributed by atoms with Crippen LogP contribution in [-0.4, -0.2) is 31.6 Å². The molecule has 160 valence electrons. The number of carbonyl (C=O) groups excluding carboxylic acids is 1. The zero-order valence-electron chi connectivity index (χ0n) is 17.0. The molecule has 1 heterocycles. The molecule has 7 heteroatoms. The first-order chi connectivity index (χ1) is 14.9. The summed E-state index contributed by atoms with van der Waals surface area (Å²) >= 11 is 6.51. The number of ether oxygens (including phenoxy) is 2. The van der Waals surface area contributed by atoms with Gasteiger partial charge in [-0.05, 0) is 53.4 Å². The second-order valence-electron chi connectivity index (χ2n) is 7.20. The predicted molar refractivity (Wildman–Crippen MR) is 114 cm³/mol. The van der Waals surface area contributed by atoms with Crippen molar-refractivity contribution in [3.63, 3.8) is 0 Å². The molecule has 0 N–H and O–H groups in total. The maximum atomic E-state index is 14.4. The molecule has 0 aromatic heterocycles. The van der Waals surface area contributed by atoms with Gasteiger partial charge in [0.15, 0.2) is 11.5 Å². The number of fused-ring (bicyclic) bond motifs is 1. The highest BCUT2D eigenvalue weighted by atomic mass is 35.5. The van der Waals surface area contributed by atoms with E-state index >= 15 is 0 Å². The van der Waals surface area contributed by atoms with Crippen LogP contribution in [0.3, 0.4) is 0 Å². The lowest BCUT2D eigenvalue weighted by atomic mass is 9.87. The lowest BCUT2D eigenvalue weighted by molar-refractivity contribution is 0.0689. The van der Waals surface area contributed by atoms with E-state index in [9.17, 15) is 13.6 Å².